The number of carbonyl (C=O) groups is 1. The standard InChI is InChI=1S/C15H19F2NO2/c1-11-3-5-12(6-4-11)7-10-18-13(19)15(16,17)14(20)8-2-9-14/h3-6,20H,2,7-10H2,1H3,(H,18,19). The van der Waals surface area contributed by atoms with Gasteiger partial charge in [0.05, 0.1) is 0 Å². The summed E-state index contributed by atoms with van der Waals surface area (Å²) in [4.78, 5) is 11.5. The number of rotatable bonds is 5. The number of aryl methyl sites for hydroxylation is 1. The molecule has 2 rings (SSSR count). The Kier molecular flexibility index (Phi) is 4.09. The van der Waals surface area contributed by atoms with Gasteiger partial charge in [-0.15, -0.1) is 0 Å². The van der Waals surface area contributed by atoms with Gasteiger partial charge in [0.1, 0.15) is 5.60 Å². The van der Waals surface area contributed by atoms with Crippen LogP contribution in [0.1, 0.15) is 30.4 Å². The molecule has 110 valence electrons. The van der Waals surface area contributed by atoms with Crippen molar-refractivity contribution >= 4 is 5.91 Å². The van der Waals surface area contributed by atoms with Crippen LogP contribution >= 0.6 is 0 Å². The molecule has 1 aromatic carbocycles. The van der Waals surface area contributed by atoms with Gasteiger partial charge in [0.15, 0.2) is 0 Å². The van der Waals surface area contributed by atoms with Gasteiger partial charge in [0, 0.05) is 6.54 Å². The normalized spacial score (nSPS) is 17.4. The lowest BCUT2D eigenvalue weighted by Gasteiger charge is -2.41. The summed E-state index contributed by atoms with van der Waals surface area (Å²) in [6.07, 6.45) is 0.972. The second-order valence-corrected chi connectivity index (χ2v) is 5.45. The maximum atomic E-state index is 13.8. The Labute approximate surface area is 117 Å². The number of amides is 1. The van der Waals surface area contributed by atoms with E-state index in [2.05, 4.69) is 5.32 Å². The lowest BCUT2D eigenvalue weighted by molar-refractivity contribution is -0.215. The summed E-state index contributed by atoms with van der Waals surface area (Å²) < 4.78 is 27.5. The third-order valence-electron chi connectivity index (χ3n) is 3.87. The second-order valence-electron chi connectivity index (χ2n) is 5.45. The van der Waals surface area contributed by atoms with Crippen LogP contribution in [0.2, 0.25) is 0 Å². The molecule has 1 saturated carbocycles. The fourth-order valence-corrected chi connectivity index (χ4v) is 2.22. The molecule has 0 aromatic heterocycles. The van der Waals surface area contributed by atoms with Crippen molar-refractivity contribution < 1.29 is 18.7 Å². The van der Waals surface area contributed by atoms with Crippen LogP contribution < -0.4 is 5.32 Å². The number of hydrogen-bond acceptors (Lipinski definition) is 2. The van der Waals surface area contributed by atoms with Gasteiger partial charge in [-0.1, -0.05) is 29.8 Å². The largest absolute Gasteiger partial charge is 0.383 e. The summed E-state index contributed by atoms with van der Waals surface area (Å²) in [7, 11) is 0. The van der Waals surface area contributed by atoms with Gasteiger partial charge in [-0.25, -0.2) is 0 Å². The minimum Gasteiger partial charge on any atom is -0.383 e. The molecule has 0 saturated heterocycles. The third kappa shape index (κ3) is 2.82. The zero-order valence-electron chi connectivity index (χ0n) is 11.5. The minimum absolute atomic E-state index is 0.0224. The summed E-state index contributed by atoms with van der Waals surface area (Å²) in [6, 6.07) is 7.67. The Morgan fingerprint density at radius 1 is 1.35 bits per heavy atom. The predicted octanol–water partition coefficient (Wildman–Crippen LogP) is 2.20. The van der Waals surface area contributed by atoms with Crippen LogP contribution in [0.25, 0.3) is 0 Å². The highest BCUT2D eigenvalue weighted by molar-refractivity contribution is 5.85. The van der Waals surface area contributed by atoms with Crippen molar-refractivity contribution in [2.75, 3.05) is 6.54 Å². The first kappa shape index (κ1) is 14.9. The highest BCUT2D eigenvalue weighted by atomic mass is 19.3. The monoisotopic (exact) mass is 283 g/mol. The van der Waals surface area contributed by atoms with E-state index in [9.17, 15) is 18.7 Å². The molecule has 0 unspecified atom stereocenters. The number of halogens is 2. The molecule has 1 aromatic rings. The lowest BCUT2D eigenvalue weighted by atomic mass is 9.75. The van der Waals surface area contributed by atoms with Crippen molar-refractivity contribution in [1.82, 2.24) is 5.32 Å². The van der Waals surface area contributed by atoms with E-state index in [1.165, 1.54) is 0 Å². The minimum atomic E-state index is -3.71. The van der Waals surface area contributed by atoms with Gasteiger partial charge in [-0.3, -0.25) is 4.79 Å². The van der Waals surface area contributed by atoms with E-state index in [-0.39, 0.29) is 19.4 Å². The number of nitrogens with one attached hydrogen (secondary N) is 1. The van der Waals surface area contributed by atoms with Gasteiger partial charge < -0.3 is 10.4 Å². The Hall–Kier alpha value is -1.49. The molecule has 0 aliphatic heterocycles. The van der Waals surface area contributed by atoms with Crippen molar-refractivity contribution in [3.63, 3.8) is 0 Å². The number of aliphatic hydroxyl groups is 1. The predicted molar refractivity (Wildman–Crippen MR) is 71.6 cm³/mol. The molecule has 1 fully saturated rings. The molecule has 0 spiro atoms. The maximum absolute atomic E-state index is 13.8. The van der Waals surface area contributed by atoms with Gasteiger partial charge in [-0.2, -0.15) is 8.78 Å². The lowest BCUT2D eigenvalue weighted by Crippen LogP contribution is -2.60. The molecular weight excluding hydrogens is 264 g/mol. The molecule has 0 heterocycles. The highest BCUT2D eigenvalue weighted by Gasteiger charge is 2.60. The first-order valence-corrected chi connectivity index (χ1v) is 6.79. The Balaban J connectivity index is 1.84. The molecule has 1 aliphatic rings. The highest BCUT2D eigenvalue weighted by Crippen LogP contribution is 2.44. The van der Waals surface area contributed by atoms with E-state index in [0.29, 0.717) is 12.8 Å². The fraction of sp³-hybridized carbons (Fsp3) is 0.533. The number of alkyl halides is 2. The van der Waals surface area contributed by atoms with Gasteiger partial charge in [-0.05, 0) is 38.2 Å². The van der Waals surface area contributed by atoms with Crippen molar-refractivity contribution in [3.8, 4) is 0 Å². The molecular formula is C15H19F2NO2. The van der Waals surface area contributed by atoms with E-state index < -0.39 is 17.4 Å². The number of carbonyl (C=O) groups excluding carboxylic acids is 1. The van der Waals surface area contributed by atoms with Crippen LogP contribution in [-0.2, 0) is 11.2 Å². The van der Waals surface area contributed by atoms with Crippen LogP contribution in [-0.4, -0.2) is 29.1 Å². The smallest absolute Gasteiger partial charge is 0.352 e. The second kappa shape index (κ2) is 5.48. The average molecular weight is 283 g/mol. The summed E-state index contributed by atoms with van der Waals surface area (Å²) in [6.45, 7) is 2.10. The van der Waals surface area contributed by atoms with Crippen molar-refractivity contribution in [1.29, 1.82) is 0 Å². The number of benzene rings is 1. The van der Waals surface area contributed by atoms with Gasteiger partial charge in [0.2, 0.25) is 0 Å². The van der Waals surface area contributed by atoms with Gasteiger partial charge in [0.25, 0.3) is 5.91 Å². The molecule has 1 amide bonds. The molecule has 2 N–H and O–H groups in total. The van der Waals surface area contributed by atoms with Gasteiger partial charge >= 0.3 is 5.92 Å². The molecule has 0 radical (unpaired) electrons. The summed E-state index contributed by atoms with van der Waals surface area (Å²) in [5.41, 5.74) is -0.0564. The summed E-state index contributed by atoms with van der Waals surface area (Å²) in [5, 5.41) is 11.9. The van der Waals surface area contributed by atoms with Crippen LogP contribution in [0.5, 0.6) is 0 Å². The van der Waals surface area contributed by atoms with Crippen LogP contribution in [0.3, 0.4) is 0 Å². The quantitative estimate of drug-likeness (QED) is 0.870. The van der Waals surface area contributed by atoms with Crippen molar-refractivity contribution in [3.05, 3.63) is 35.4 Å². The Morgan fingerprint density at radius 2 is 1.95 bits per heavy atom. The zero-order valence-corrected chi connectivity index (χ0v) is 11.5. The van der Waals surface area contributed by atoms with Crippen molar-refractivity contribution in [2.24, 2.45) is 0 Å². The molecule has 0 bridgehead atoms. The molecule has 3 nitrogen and oxygen atoms in total. The Morgan fingerprint density at radius 3 is 2.45 bits per heavy atom. The molecule has 5 heteroatoms. The zero-order chi connectivity index (χ0) is 14.8. The van der Waals surface area contributed by atoms with Crippen LogP contribution in [0.15, 0.2) is 24.3 Å². The van der Waals surface area contributed by atoms with Crippen LogP contribution in [0.4, 0.5) is 8.78 Å². The fourth-order valence-electron chi connectivity index (χ4n) is 2.22. The van der Waals surface area contributed by atoms with Crippen molar-refractivity contribution in [2.45, 2.75) is 44.1 Å². The van der Waals surface area contributed by atoms with Crippen LogP contribution in [0, 0.1) is 6.92 Å². The van der Waals surface area contributed by atoms with E-state index in [1.54, 1.807) is 0 Å². The average Bonchev–Trinajstić information content (AvgIpc) is 2.38. The van der Waals surface area contributed by atoms with E-state index >= 15 is 0 Å². The molecule has 20 heavy (non-hydrogen) atoms. The summed E-state index contributed by atoms with van der Waals surface area (Å²) >= 11 is 0. The SMILES string of the molecule is Cc1ccc(CCNC(=O)C(F)(F)C2(O)CCC2)cc1. The Bertz CT molecular complexity index is 481. The first-order valence-electron chi connectivity index (χ1n) is 6.79. The number of hydrogen-bond donors (Lipinski definition) is 2. The third-order valence-corrected chi connectivity index (χ3v) is 3.87. The van der Waals surface area contributed by atoms with E-state index in [0.717, 1.165) is 11.1 Å². The summed E-state index contributed by atoms with van der Waals surface area (Å²) in [5.74, 6) is -5.09. The maximum Gasteiger partial charge on any atom is 0.352 e. The molecule has 0 atom stereocenters. The molecule has 1 aliphatic carbocycles. The topological polar surface area (TPSA) is 49.3 Å². The van der Waals surface area contributed by atoms with E-state index in [1.807, 2.05) is 31.2 Å². The van der Waals surface area contributed by atoms with E-state index in [4.69, 9.17) is 0 Å². The first-order chi connectivity index (χ1) is 9.35.